The van der Waals surface area contributed by atoms with Gasteiger partial charge in [-0.2, -0.15) is 5.10 Å². The molecule has 2 N–H and O–H groups in total. The molecule has 3 rings (SSSR count). The van der Waals surface area contributed by atoms with Crippen LogP contribution in [0.1, 0.15) is 61.7 Å². The smallest absolute Gasteiger partial charge is 0.255 e. The Labute approximate surface area is 176 Å². The van der Waals surface area contributed by atoms with E-state index >= 15 is 0 Å². The standard InChI is InChI=1S/C23H28N4OS/c1-13(2)26-27-22-24-18-12-14(3)19(15(4)20(18)29-22)25-21(28)16-8-10-17(11-9-16)23(5,6)7/h8-12H,1-7H3,(H,24,27)(H,25,28). The zero-order valence-corrected chi connectivity index (χ0v) is 18.9. The summed E-state index contributed by atoms with van der Waals surface area (Å²) in [6.45, 7) is 14.4. The van der Waals surface area contributed by atoms with Gasteiger partial charge >= 0.3 is 0 Å². The van der Waals surface area contributed by atoms with Crippen molar-refractivity contribution < 1.29 is 4.79 Å². The Balaban J connectivity index is 1.89. The van der Waals surface area contributed by atoms with E-state index in [-0.39, 0.29) is 11.3 Å². The number of benzene rings is 2. The number of nitrogens with one attached hydrogen (secondary N) is 2. The molecule has 0 aliphatic carbocycles. The monoisotopic (exact) mass is 408 g/mol. The summed E-state index contributed by atoms with van der Waals surface area (Å²) in [5, 5.41) is 8.06. The van der Waals surface area contributed by atoms with Gasteiger partial charge in [0.05, 0.1) is 10.2 Å². The Kier molecular flexibility index (Phi) is 5.75. The third-order valence-corrected chi connectivity index (χ3v) is 5.84. The van der Waals surface area contributed by atoms with Gasteiger partial charge in [0.2, 0.25) is 5.13 Å². The SMILES string of the molecule is CC(C)=NNc1nc2cc(C)c(NC(=O)c3ccc(C(C)(C)C)cc3)c(C)c2s1. The number of nitrogens with zero attached hydrogens (tertiary/aromatic N) is 2. The Hall–Kier alpha value is -2.73. The number of carbonyl (C=O) groups excluding carboxylic acids is 1. The molecule has 0 atom stereocenters. The van der Waals surface area contributed by atoms with Crippen LogP contribution in [0.5, 0.6) is 0 Å². The summed E-state index contributed by atoms with van der Waals surface area (Å²) in [7, 11) is 0. The van der Waals surface area contributed by atoms with E-state index in [1.54, 1.807) is 0 Å². The van der Waals surface area contributed by atoms with Crippen molar-refractivity contribution in [2.24, 2.45) is 5.10 Å². The summed E-state index contributed by atoms with van der Waals surface area (Å²) in [5.41, 5.74) is 9.59. The molecule has 0 spiro atoms. The Bertz CT molecular complexity index is 1080. The number of hydrogen-bond donors (Lipinski definition) is 2. The maximum absolute atomic E-state index is 12.8. The topological polar surface area (TPSA) is 66.4 Å². The predicted octanol–water partition coefficient (Wildman–Crippen LogP) is 6.27. The average Bonchev–Trinajstić information content (AvgIpc) is 3.05. The van der Waals surface area contributed by atoms with E-state index in [1.807, 2.05) is 58.0 Å². The quantitative estimate of drug-likeness (QED) is 0.395. The van der Waals surface area contributed by atoms with Crippen molar-refractivity contribution in [3.05, 3.63) is 52.6 Å². The molecule has 0 saturated carbocycles. The number of fused-ring (bicyclic) bond motifs is 1. The molecule has 0 unspecified atom stereocenters. The number of amides is 1. The molecule has 29 heavy (non-hydrogen) atoms. The summed E-state index contributed by atoms with van der Waals surface area (Å²) in [5.74, 6) is -0.106. The molecule has 6 heteroatoms. The summed E-state index contributed by atoms with van der Waals surface area (Å²) in [4.78, 5) is 17.4. The van der Waals surface area contributed by atoms with Gasteiger partial charge in [-0.1, -0.05) is 44.2 Å². The first-order chi connectivity index (χ1) is 13.6. The predicted molar refractivity (Wildman–Crippen MR) is 125 cm³/mol. The molecule has 0 fully saturated rings. The molecule has 0 radical (unpaired) electrons. The van der Waals surface area contributed by atoms with Crippen molar-refractivity contribution in [1.82, 2.24) is 4.98 Å². The molecule has 1 aromatic heterocycles. The lowest BCUT2D eigenvalue weighted by Gasteiger charge is -2.19. The van der Waals surface area contributed by atoms with Crippen LogP contribution in [0.25, 0.3) is 10.2 Å². The van der Waals surface area contributed by atoms with Crippen molar-refractivity contribution >= 4 is 44.0 Å². The fraction of sp³-hybridized carbons (Fsp3) is 0.348. The molecule has 1 amide bonds. The van der Waals surface area contributed by atoms with Gasteiger partial charge < -0.3 is 5.32 Å². The van der Waals surface area contributed by atoms with Crippen molar-refractivity contribution in [1.29, 1.82) is 0 Å². The number of hydrogen-bond acceptors (Lipinski definition) is 5. The fourth-order valence-corrected chi connectivity index (χ4v) is 3.98. The lowest BCUT2D eigenvalue weighted by atomic mass is 9.86. The van der Waals surface area contributed by atoms with Crippen LogP contribution in [0.3, 0.4) is 0 Å². The minimum absolute atomic E-state index is 0.0610. The number of rotatable bonds is 4. The second kappa shape index (κ2) is 7.95. The van der Waals surface area contributed by atoms with Crippen molar-refractivity contribution in [3.8, 4) is 0 Å². The van der Waals surface area contributed by atoms with E-state index in [2.05, 4.69) is 41.6 Å². The van der Waals surface area contributed by atoms with E-state index < -0.39 is 0 Å². The number of carbonyl (C=O) groups is 1. The van der Waals surface area contributed by atoms with Crippen LogP contribution in [0.4, 0.5) is 10.8 Å². The lowest BCUT2D eigenvalue weighted by molar-refractivity contribution is 0.102. The zero-order valence-electron chi connectivity index (χ0n) is 18.1. The van der Waals surface area contributed by atoms with Gasteiger partial charge in [-0.25, -0.2) is 4.98 Å². The van der Waals surface area contributed by atoms with Gasteiger partial charge in [-0.05, 0) is 68.0 Å². The number of anilines is 2. The van der Waals surface area contributed by atoms with Crippen LogP contribution in [-0.4, -0.2) is 16.6 Å². The third kappa shape index (κ3) is 4.65. The highest BCUT2D eigenvalue weighted by Gasteiger charge is 2.17. The van der Waals surface area contributed by atoms with E-state index in [0.717, 1.165) is 37.9 Å². The number of hydrazone groups is 1. The van der Waals surface area contributed by atoms with Gasteiger partial charge in [0, 0.05) is 17.0 Å². The molecule has 0 bridgehead atoms. The van der Waals surface area contributed by atoms with Crippen LogP contribution in [-0.2, 0) is 5.41 Å². The van der Waals surface area contributed by atoms with E-state index in [9.17, 15) is 4.79 Å². The van der Waals surface area contributed by atoms with Crippen molar-refractivity contribution in [2.45, 2.75) is 53.9 Å². The van der Waals surface area contributed by atoms with Gasteiger partial charge in [0.1, 0.15) is 0 Å². The Morgan fingerprint density at radius 2 is 1.76 bits per heavy atom. The van der Waals surface area contributed by atoms with Gasteiger partial charge in [0.25, 0.3) is 5.91 Å². The molecule has 3 aromatic rings. The summed E-state index contributed by atoms with van der Waals surface area (Å²) in [6.07, 6.45) is 0. The highest BCUT2D eigenvalue weighted by atomic mass is 32.1. The molecular weight excluding hydrogens is 380 g/mol. The van der Waals surface area contributed by atoms with Crippen LogP contribution < -0.4 is 10.7 Å². The van der Waals surface area contributed by atoms with Gasteiger partial charge in [-0.15, -0.1) is 0 Å². The first-order valence-electron chi connectivity index (χ1n) is 9.66. The molecule has 0 saturated heterocycles. The average molecular weight is 409 g/mol. The second-order valence-electron chi connectivity index (χ2n) is 8.51. The summed E-state index contributed by atoms with van der Waals surface area (Å²) < 4.78 is 1.04. The molecule has 0 aliphatic rings. The minimum Gasteiger partial charge on any atom is -0.321 e. The van der Waals surface area contributed by atoms with Crippen LogP contribution in [0.15, 0.2) is 35.4 Å². The molecule has 5 nitrogen and oxygen atoms in total. The Morgan fingerprint density at radius 3 is 2.34 bits per heavy atom. The number of aryl methyl sites for hydroxylation is 2. The molecular formula is C23H28N4OS. The normalized spacial score (nSPS) is 11.4. The Morgan fingerprint density at radius 1 is 1.10 bits per heavy atom. The number of thiazole rings is 1. The maximum atomic E-state index is 12.8. The highest BCUT2D eigenvalue weighted by molar-refractivity contribution is 7.22. The van der Waals surface area contributed by atoms with E-state index in [4.69, 9.17) is 0 Å². The molecule has 2 aromatic carbocycles. The molecule has 1 heterocycles. The second-order valence-corrected chi connectivity index (χ2v) is 9.51. The van der Waals surface area contributed by atoms with Gasteiger partial charge in [0.15, 0.2) is 0 Å². The first-order valence-corrected chi connectivity index (χ1v) is 10.5. The molecule has 152 valence electrons. The minimum atomic E-state index is -0.106. The van der Waals surface area contributed by atoms with Crippen molar-refractivity contribution in [2.75, 3.05) is 10.7 Å². The van der Waals surface area contributed by atoms with Crippen LogP contribution in [0.2, 0.25) is 0 Å². The number of aromatic nitrogens is 1. The van der Waals surface area contributed by atoms with Gasteiger partial charge in [-0.3, -0.25) is 10.2 Å². The largest absolute Gasteiger partial charge is 0.321 e. The fourth-order valence-electron chi connectivity index (χ4n) is 3.09. The first kappa shape index (κ1) is 21.0. The maximum Gasteiger partial charge on any atom is 0.255 e. The van der Waals surface area contributed by atoms with Crippen LogP contribution in [0, 0.1) is 13.8 Å². The van der Waals surface area contributed by atoms with Crippen molar-refractivity contribution in [3.63, 3.8) is 0 Å². The summed E-state index contributed by atoms with van der Waals surface area (Å²) in [6, 6.07) is 9.83. The zero-order chi connectivity index (χ0) is 21.3. The summed E-state index contributed by atoms with van der Waals surface area (Å²) >= 11 is 1.54. The highest BCUT2D eigenvalue weighted by Crippen LogP contribution is 2.35. The third-order valence-electron chi connectivity index (χ3n) is 4.74. The van der Waals surface area contributed by atoms with Crippen LogP contribution >= 0.6 is 11.3 Å². The van der Waals surface area contributed by atoms with E-state index in [1.165, 1.54) is 16.9 Å². The van der Waals surface area contributed by atoms with E-state index in [0.29, 0.717) is 5.56 Å². The molecule has 0 aliphatic heterocycles. The lowest BCUT2D eigenvalue weighted by Crippen LogP contribution is -2.15.